The van der Waals surface area contributed by atoms with E-state index in [-0.39, 0.29) is 5.41 Å². The number of anilines is 1. The van der Waals surface area contributed by atoms with Crippen molar-refractivity contribution in [2.24, 2.45) is 5.92 Å². The van der Waals surface area contributed by atoms with E-state index in [9.17, 15) is 0 Å². The van der Waals surface area contributed by atoms with Crippen LogP contribution in [0.25, 0.3) is 0 Å². The standard InChI is InChI=1S/C14H24N4/c1-11-9-15-7-8-18(10-11)13-6-5-12(16-17-13)14(2,3)4/h5-6,11,15H,7-10H2,1-4H3. The Bertz CT molecular complexity index is 380. The maximum Gasteiger partial charge on any atom is 0.151 e. The Kier molecular flexibility index (Phi) is 3.85. The summed E-state index contributed by atoms with van der Waals surface area (Å²) < 4.78 is 0. The molecule has 0 amide bonds. The predicted octanol–water partition coefficient (Wildman–Crippen LogP) is 1.82. The molecule has 18 heavy (non-hydrogen) atoms. The smallest absolute Gasteiger partial charge is 0.151 e. The summed E-state index contributed by atoms with van der Waals surface area (Å²) in [6.07, 6.45) is 0. The van der Waals surface area contributed by atoms with Gasteiger partial charge in [-0.15, -0.1) is 5.10 Å². The second-order valence-electron chi connectivity index (χ2n) is 6.28. The molecule has 2 heterocycles. The molecule has 4 heteroatoms. The van der Waals surface area contributed by atoms with Gasteiger partial charge in [0.25, 0.3) is 0 Å². The normalized spacial score (nSPS) is 21.8. The molecule has 1 unspecified atom stereocenters. The van der Waals surface area contributed by atoms with E-state index < -0.39 is 0 Å². The summed E-state index contributed by atoms with van der Waals surface area (Å²) in [6.45, 7) is 12.9. The maximum absolute atomic E-state index is 4.39. The van der Waals surface area contributed by atoms with Gasteiger partial charge in [0.05, 0.1) is 5.69 Å². The van der Waals surface area contributed by atoms with Crippen molar-refractivity contribution < 1.29 is 0 Å². The number of hydrogen-bond donors (Lipinski definition) is 1. The van der Waals surface area contributed by atoms with Crippen molar-refractivity contribution in [2.75, 3.05) is 31.1 Å². The fourth-order valence-electron chi connectivity index (χ4n) is 2.20. The van der Waals surface area contributed by atoms with Gasteiger partial charge < -0.3 is 10.2 Å². The van der Waals surface area contributed by atoms with Gasteiger partial charge in [0, 0.05) is 25.0 Å². The Morgan fingerprint density at radius 2 is 2.06 bits per heavy atom. The Morgan fingerprint density at radius 1 is 1.28 bits per heavy atom. The van der Waals surface area contributed by atoms with E-state index in [0.717, 1.165) is 37.7 Å². The quantitative estimate of drug-likeness (QED) is 0.823. The molecule has 0 radical (unpaired) electrons. The zero-order chi connectivity index (χ0) is 13.2. The van der Waals surface area contributed by atoms with Crippen molar-refractivity contribution in [3.05, 3.63) is 17.8 Å². The lowest BCUT2D eigenvalue weighted by Gasteiger charge is -2.24. The molecular weight excluding hydrogens is 224 g/mol. The highest BCUT2D eigenvalue weighted by Gasteiger charge is 2.19. The summed E-state index contributed by atoms with van der Waals surface area (Å²) in [6, 6.07) is 4.21. The lowest BCUT2D eigenvalue weighted by atomic mass is 9.92. The first kappa shape index (κ1) is 13.3. The van der Waals surface area contributed by atoms with Crippen LogP contribution >= 0.6 is 0 Å². The highest BCUT2D eigenvalue weighted by molar-refractivity contribution is 5.38. The average molecular weight is 248 g/mol. The van der Waals surface area contributed by atoms with Crippen molar-refractivity contribution in [1.29, 1.82) is 0 Å². The van der Waals surface area contributed by atoms with Crippen LogP contribution in [-0.4, -0.2) is 36.4 Å². The van der Waals surface area contributed by atoms with Crippen molar-refractivity contribution in [2.45, 2.75) is 33.1 Å². The van der Waals surface area contributed by atoms with Crippen LogP contribution in [0, 0.1) is 5.92 Å². The van der Waals surface area contributed by atoms with Crippen LogP contribution in [0.3, 0.4) is 0 Å². The molecule has 1 saturated heterocycles. The first-order chi connectivity index (χ1) is 8.47. The zero-order valence-corrected chi connectivity index (χ0v) is 11.9. The molecule has 0 aromatic carbocycles. The first-order valence-electron chi connectivity index (χ1n) is 6.76. The lowest BCUT2D eigenvalue weighted by Crippen LogP contribution is -2.30. The third-order valence-corrected chi connectivity index (χ3v) is 3.33. The van der Waals surface area contributed by atoms with Crippen LogP contribution in [0.4, 0.5) is 5.82 Å². The van der Waals surface area contributed by atoms with Crippen molar-refractivity contribution in [1.82, 2.24) is 15.5 Å². The minimum Gasteiger partial charge on any atom is -0.354 e. The minimum atomic E-state index is 0.0686. The van der Waals surface area contributed by atoms with Crippen LogP contribution in [0.1, 0.15) is 33.4 Å². The summed E-state index contributed by atoms with van der Waals surface area (Å²) in [5.74, 6) is 1.65. The molecule has 1 aliphatic rings. The predicted molar refractivity (Wildman–Crippen MR) is 75.0 cm³/mol. The molecule has 0 saturated carbocycles. The van der Waals surface area contributed by atoms with Gasteiger partial charge in [-0.1, -0.05) is 27.7 Å². The van der Waals surface area contributed by atoms with Gasteiger partial charge in [-0.2, -0.15) is 5.10 Å². The number of nitrogens with zero attached hydrogens (tertiary/aromatic N) is 3. The Labute approximate surface area is 110 Å². The molecule has 2 rings (SSSR count). The summed E-state index contributed by atoms with van der Waals surface area (Å²) in [7, 11) is 0. The van der Waals surface area contributed by atoms with Crippen molar-refractivity contribution in [3.63, 3.8) is 0 Å². The third-order valence-electron chi connectivity index (χ3n) is 3.33. The molecule has 4 nitrogen and oxygen atoms in total. The zero-order valence-electron chi connectivity index (χ0n) is 11.9. The fraction of sp³-hybridized carbons (Fsp3) is 0.714. The largest absolute Gasteiger partial charge is 0.354 e. The second-order valence-corrected chi connectivity index (χ2v) is 6.28. The minimum absolute atomic E-state index is 0.0686. The van der Waals surface area contributed by atoms with E-state index in [1.54, 1.807) is 0 Å². The molecule has 0 aliphatic carbocycles. The van der Waals surface area contributed by atoms with Crippen molar-refractivity contribution >= 4 is 5.82 Å². The SMILES string of the molecule is CC1CNCCN(c2ccc(C(C)(C)C)nn2)C1. The summed E-state index contributed by atoms with van der Waals surface area (Å²) in [4.78, 5) is 2.32. The highest BCUT2D eigenvalue weighted by Crippen LogP contribution is 2.21. The Morgan fingerprint density at radius 3 is 2.67 bits per heavy atom. The Balaban J connectivity index is 2.13. The third kappa shape index (κ3) is 3.19. The molecule has 1 aromatic heterocycles. The van der Waals surface area contributed by atoms with E-state index in [1.165, 1.54) is 0 Å². The molecule has 1 aromatic rings. The molecule has 0 spiro atoms. The lowest BCUT2D eigenvalue weighted by molar-refractivity contribution is 0.552. The molecule has 0 bridgehead atoms. The van der Waals surface area contributed by atoms with E-state index in [2.05, 4.69) is 60.2 Å². The van der Waals surface area contributed by atoms with E-state index in [4.69, 9.17) is 0 Å². The topological polar surface area (TPSA) is 41.0 Å². The molecule has 1 N–H and O–H groups in total. The van der Waals surface area contributed by atoms with Crippen LogP contribution in [0.5, 0.6) is 0 Å². The van der Waals surface area contributed by atoms with Crippen molar-refractivity contribution in [3.8, 4) is 0 Å². The van der Waals surface area contributed by atoms with E-state index >= 15 is 0 Å². The van der Waals surface area contributed by atoms with Gasteiger partial charge in [-0.05, 0) is 24.6 Å². The van der Waals surface area contributed by atoms with Crippen LogP contribution < -0.4 is 10.2 Å². The monoisotopic (exact) mass is 248 g/mol. The van der Waals surface area contributed by atoms with Gasteiger partial charge >= 0.3 is 0 Å². The highest BCUT2D eigenvalue weighted by atomic mass is 15.3. The second kappa shape index (κ2) is 5.22. The van der Waals surface area contributed by atoms with Gasteiger partial charge in [0.1, 0.15) is 0 Å². The molecule has 100 valence electrons. The van der Waals surface area contributed by atoms with Gasteiger partial charge in [0.2, 0.25) is 0 Å². The summed E-state index contributed by atoms with van der Waals surface area (Å²) >= 11 is 0. The number of nitrogens with one attached hydrogen (secondary N) is 1. The first-order valence-corrected chi connectivity index (χ1v) is 6.76. The molecule has 1 atom stereocenters. The number of aromatic nitrogens is 2. The van der Waals surface area contributed by atoms with Crippen LogP contribution in [0.2, 0.25) is 0 Å². The number of hydrogen-bond acceptors (Lipinski definition) is 4. The van der Waals surface area contributed by atoms with E-state index in [0.29, 0.717) is 5.92 Å². The van der Waals surface area contributed by atoms with Gasteiger partial charge in [0.15, 0.2) is 5.82 Å². The van der Waals surface area contributed by atoms with Gasteiger partial charge in [-0.3, -0.25) is 0 Å². The Hall–Kier alpha value is -1.16. The fourth-order valence-corrected chi connectivity index (χ4v) is 2.20. The average Bonchev–Trinajstić information content (AvgIpc) is 2.53. The maximum atomic E-state index is 4.39. The van der Waals surface area contributed by atoms with Gasteiger partial charge in [-0.25, -0.2) is 0 Å². The van der Waals surface area contributed by atoms with Crippen LogP contribution in [0.15, 0.2) is 12.1 Å². The molecular formula is C14H24N4. The van der Waals surface area contributed by atoms with Crippen LogP contribution in [-0.2, 0) is 5.41 Å². The molecule has 1 fully saturated rings. The summed E-state index contributed by atoms with van der Waals surface area (Å²) in [5, 5.41) is 12.2. The summed E-state index contributed by atoms with van der Waals surface area (Å²) in [5.41, 5.74) is 1.12. The number of rotatable bonds is 1. The molecule has 1 aliphatic heterocycles. The van der Waals surface area contributed by atoms with E-state index in [1.807, 2.05) is 0 Å².